The molecule has 4 nitrogen and oxygen atoms in total. The maximum atomic E-state index is 11.8. The van der Waals surface area contributed by atoms with Crippen LogP contribution in [-0.2, 0) is 4.79 Å². The molecule has 8 heteroatoms. The molecule has 0 atom stereocenters. The summed E-state index contributed by atoms with van der Waals surface area (Å²) in [5.41, 5.74) is 0. The van der Waals surface area contributed by atoms with E-state index < -0.39 is 0 Å². The summed E-state index contributed by atoms with van der Waals surface area (Å²) in [5, 5.41) is 4.12. The van der Waals surface area contributed by atoms with Crippen LogP contribution in [0.25, 0.3) is 0 Å². The van der Waals surface area contributed by atoms with Gasteiger partial charge in [-0.15, -0.1) is 0 Å². The number of amides is 1. The fraction of sp³-hybridized carbons (Fsp3) is 0.273. The Kier molecular flexibility index (Phi) is 4.73. The molecule has 0 aliphatic carbocycles. The standard InChI is InChI=1S/C11H9Cl3N2O2S/c12-7-3-6(4-8(13)10(7)14)18-5-9(17)16-2-1-15-11(16)19/h3-4H,1-2,5H2,(H,15,19). The lowest BCUT2D eigenvalue weighted by Gasteiger charge is -2.15. The molecular weight excluding hydrogens is 331 g/mol. The third-order valence-corrected chi connectivity index (χ3v) is 4.04. The van der Waals surface area contributed by atoms with Crippen LogP contribution in [0, 0.1) is 0 Å². The number of rotatable bonds is 3. The molecule has 0 bridgehead atoms. The van der Waals surface area contributed by atoms with Crippen LogP contribution < -0.4 is 10.1 Å². The quantitative estimate of drug-likeness (QED) is 0.679. The molecule has 1 aromatic rings. The van der Waals surface area contributed by atoms with Crippen LogP contribution in [0.3, 0.4) is 0 Å². The fourth-order valence-electron chi connectivity index (χ4n) is 1.55. The number of halogens is 3. The molecule has 0 radical (unpaired) electrons. The Labute approximate surface area is 130 Å². The van der Waals surface area contributed by atoms with Gasteiger partial charge in [0.15, 0.2) is 11.7 Å². The number of benzene rings is 1. The largest absolute Gasteiger partial charge is 0.484 e. The van der Waals surface area contributed by atoms with Gasteiger partial charge in [-0.1, -0.05) is 34.8 Å². The van der Waals surface area contributed by atoms with E-state index in [1.54, 1.807) is 0 Å². The van der Waals surface area contributed by atoms with E-state index in [4.69, 9.17) is 51.8 Å². The summed E-state index contributed by atoms with van der Waals surface area (Å²) in [5.74, 6) is 0.156. The van der Waals surface area contributed by atoms with Crippen LogP contribution in [-0.4, -0.2) is 35.6 Å². The van der Waals surface area contributed by atoms with Gasteiger partial charge < -0.3 is 10.1 Å². The SMILES string of the molecule is O=C(COc1cc(Cl)c(Cl)c(Cl)c1)N1CCNC1=S. The number of thiocarbonyl (C=S) groups is 1. The van der Waals surface area contributed by atoms with Gasteiger partial charge >= 0.3 is 0 Å². The van der Waals surface area contributed by atoms with Crippen LogP contribution in [0.1, 0.15) is 0 Å². The second-order valence-electron chi connectivity index (χ2n) is 3.77. The van der Waals surface area contributed by atoms with E-state index in [0.29, 0.717) is 24.0 Å². The minimum atomic E-state index is -0.225. The predicted octanol–water partition coefficient (Wildman–Crippen LogP) is 2.74. The molecule has 0 spiro atoms. The molecule has 1 saturated heterocycles. The van der Waals surface area contributed by atoms with Crippen molar-refractivity contribution in [3.8, 4) is 5.75 Å². The Hall–Kier alpha value is -0.750. The highest BCUT2D eigenvalue weighted by Gasteiger charge is 2.23. The molecule has 0 aromatic heterocycles. The number of nitrogens with one attached hydrogen (secondary N) is 1. The molecule has 1 fully saturated rings. The highest BCUT2D eigenvalue weighted by atomic mass is 35.5. The molecule has 19 heavy (non-hydrogen) atoms. The predicted molar refractivity (Wildman–Crippen MR) is 79.3 cm³/mol. The van der Waals surface area contributed by atoms with Crippen molar-refractivity contribution in [2.45, 2.75) is 0 Å². The number of carbonyl (C=O) groups excluding carboxylic acids is 1. The first-order chi connectivity index (χ1) is 8.99. The first-order valence-corrected chi connectivity index (χ1v) is 6.89. The van der Waals surface area contributed by atoms with Crippen LogP contribution in [0.15, 0.2) is 12.1 Å². The minimum absolute atomic E-state index is 0.143. The zero-order valence-corrected chi connectivity index (χ0v) is 12.7. The van der Waals surface area contributed by atoms with Gasteiger partial charge in [0.2, 0.25) is 0 Å². The first-order valence-electron chi connectivity index (χ1n) is 5.34. The number of nitrogens with zero attached hydrogens (tertiary/aromatic N) is 1. The Morgan fingerprint density at radius 3 is 2.53 bits per heavy atom. The van der Waals surface area contributed by atoms with Gasteiger partial charge in [-0.05, 0) is 12.2 Å². The highest BCUT2D eigenvalue weighted by molar-refractivity contribution is 7.80. The lowest BCUT2D eigenvalue weighted by molar-refractivity contribution is -0.128. The molecule has 2 rings (SSSR count). The summed E-state index contributed by atoms with van der Waals surface area (Å²) in [4.78, 5) is 13.3. The number of hydrogen-bond donors (Lipinski definition) is 1. The van der Waals surface area contributed by atoms with Gasteiger partial charge in [-0.25, -0.2) is 0 Å². The monoisotopic (exact) mass is 338 g/mol. The normalized spacial score (nSPS) is 14.5. The van der Waals surface area contributed by atoms with Crippen molar-refractivity contribution < 1.29 is 9.53 Å². The van der Waals surface area contributed by atoms with Crippen LogP contribution in [0.2, 0.25) is 15.1 Å². The molecule has 1 aromatic carbocycles. The Bertz CT molecular complexity index is 516. The lowest BCUT2D eigenvalue weighted by Crippen LogP contribution is -2.37. The summed E-state index contributed by atoms with van der Waals surface area (Å²) < 4.78 is 5.34. The lowest BCUT2D eigenvalue weighted by atomic mass is 10.3. The van der Waals surface area contributed by atoms with Gasteiger partial charge in [0.1, 0.15) is 5.75 Å². The topological polar surface area (TPSA) is 41.6 Å². The molecule has 1 amide bonds. The van der Waals surface area contributed by atoms with Crippen molar-refractivity contribution in [1.29, 1.82) is 0 Å². The number of ether oxygens (including phenoxy) is 1. The van der Waals surface area contributed by atoms with Crippen molar-refractivity contribution >= 4 is 58.0 Å². The van der Waals surface area contributed by atoms with E-state index in [1.165, 1.54) is 17.0 Å². The van der Waals surface area contributed by atoms with Crippen LogP contribution >= 0.6 is 47.0 Å². The van der Waals surface area contributed by atoms with E-state index in [-0.39, 0.29) is 27.6 Å². The van der Waals surface area contributed by atoms with E-state index in [2.05, 4.69) is 5.32 Å². The zero-order valence-electron chi connectivity index (χ0n) is 9.58. The maximum Gasteiger partial charge on any atom is 0.266 e. The molecule has 0 saturated carbocycles. The minimum Gasteiger partial charge on any atom is -0.484 e. The van der Waals surface area contributed by atoms with Crippen molar-refractivity contribution in [3.63, 3.8) is 0 Å². The Morgan fingerprint density at radius 1 is 1.37 bits per heavy atom. The smallest absolute Gasteiger partial charge is 0.266 e. The van der Waals surface area contributed by atoms with Gasteiger partial charge in [0.05, 0.1) is 15.1 Å². The molecule has 1 aliphatic rings. The first kappa shape index (κ1) is 14.7. The average Bonchev–Trinajstić information content (AvgIpc) is 2.79. The summed E-state index contributed by atoms with van der Waals surface area (Å²) in [7, 11) is 0. The van der Waals surface area contributed by atoms with E-state index in [1.807, 2.05) is 0 Å². The van der Waals surface area contributed by atoms with E-state index in [9.17, 15) is 4.79 Å². The molecule has 0 unspecified atom stereocenters. The Morgan fingerprint density at radius 2 is 2.00 bits per heavy atom. The summed E-state index contributed by atoms with van der Waals surface area (Å²) in [6.07, 6.45) is 0. The third kappa shape index (κ3) is 3.42. The summed E-state index contributed by atoms with van der Waals surface area (Å²) >= 11 is 22.5. The van der Waals surface area contributed by atoms with Crippen LogP contribution in [0.4, 0.5) is 0 Å². The van der Waals surface area contributed by atoms with Crippen molar-refractivity contribution in [2.24, 2.45) is 0 Å². The van der Waals surface area contributed by atoms with Crippen LogP contribution in [0.5, 0.6) is 5.75 Å². The second kappa shape index (κ2) is 6.13. The molecular formula is C11H9Cl3N2O2S. The van der Waals surface area contributed by atoms with Crippen molar-refractivity contribution in [1.82, 2.24) is 10.2 Å². The average molecular weight is 340 g/mol. The maximum absolute atomic E-state index is 11.8. The molecule has 1 heterocycles. The van der Waals surface area contributed by atoms with Gasteiger partial charge in [0.25, 0.3) is 5.91 Å². The number of carbonyl (C=O) groups is 1. The van der Waals surface area contributed by atoms with E-state index in [0.717, 1.165) is 0 Å². The van der Waals surface area contributed by atoms with Gasteiger partial charge in [-0.3, -0.25) is 9.69 Å². The zero-order chi connectivity index (χ0) is 14.0. The summed E-state index contributed by atoms with van der Waals surface area (Å²) in [6.45, 7) is 1.06. The van der Waals surface area contributed by atoms with Crippen molar-refractivity contribution in [2.75, 3.05) is 19.7 Å². The van der Waals surface area contributed by atoms with Gasteiger partial charge in [-0.2, -0.15) is 0 Å². The van der Waals surface area contributed by atoms with Crippen molar-refractivity contribution in [3.05, 3.63) is 27.2 Å². The second-order valence-corrected chi connectivity index (χ2v) is 5.35. The third-order valence-electron chi connectivity index (χ3n) is 2.48. The number of hydrogen-bond acceptors (Lipinski definition) is 3. The molecule has 1 aliphatic heterocycles. The Balaban J connectivity index is 1.99. The highest BCUT2D eigenvalue weighted by Crippen LogP contribution is 2.34. The van der Waals surface area contributed by atoms with Gasteiger partial charge in [0, 0.05) is 25.2 Å². The summed E-state index contributed by atoms with van der Waals surface area (Å²) in [6, 6.07) is 3.01. The molecule has 1 N–H and O–H groups in total. The van der Waals surface area contributed by atoms with E-state index >= 15 is 0 Å². The fourth-order valence-corrected chi connectivity index (χ4v) is 2.42. The molecule has 102 valence electrons.